The van der Waals surface area contributed by atoms with Gasteiger partial charge in [-0.05, 0) is 30.7 Å². The second-order valence-electron chi connectivity index (χ2n) is 5.23. The number of benzene rings is 2. The molecule has 0 fully saturated rings. The molecule has 0 amide bonds. The number of rotatable bonds is 9. The van der Waals surface area contributed by atoms with Crippen molar-refractivity contribution in [2.45, 2.75) is 20.1 Å². The summed E-state index contributed by atoms with van der Waals surface area (Å²) in [7, 11) is 0. The van der Waals surface area contributed by atoms with Gasteiger partial charge in [-0.2, -0.15) is 0 Å². The molecule has 0 spiro atoms. The van der Waals surface area contributed by atoms with Crippen LogP contribution < -0.4 is 14.8 Å². The van der Waals surface area contributed by atoms with Crippen LogP contribution in [0.25, 0.3) is 0 Å². The van der Waals surface area contributed by atoms with Crippen LogP contribution in [0.4, 0.5) is 0 Å². The predicted molar refractivity (Wildman–Crippen MR) is 105 cm³/mol. The van der Waals surface area contributed by atoms with Crippen molar-refractivity contribution >= 4 is 34.8 Å². The molecular weight excluding hydrogens is 381 g/mol. The average molecular weight is 401 g/mol. The van der Waals surface area contributed by atoms with E-state index in [0.717, 1.165) is 11.1 Å². The highest BCUT2D eigenvalue weighted by molar-refractivity contribution is 6.36. The van der Waals surface area contributed by atoms with Crippen LogP contribution in [0.15, 0.2) is 43.0 Å². The average Bonchev–Trinajstić information content (AvgIpc) is 2.58. The Hall–Kier alpha value is -1.39. The lowest BCUT2D eigenvalue weighted by atomic mass is 10.2. The molecule has 134 valence electrons. The van der Waals surface area contributed by atoms with E-state index < -0.39 is 0 Å². The zero-order valence-corrected chi connectivity index (χ0v) is 16.2. The Morgan fingerprint density at radius 1 is 1.04 bits per heavy atom. The molecule has 0 atom stereocenters. The van der Waals surface area contributed by atoms with Crippen LogP contribution in [0, 0.1) is 0 Å². The standard InChI is InChI=1S/C19H20Cl3NO2/c1-3-8-23-11-13-9-18(24-4-2)19(10-17(13)22)25-12-14-15(20)6-5-7-16(14)21/h3,5-7,9-10,23H,1,4,8,11-12H2,2H3. The molecule has 2 aromatic rings. The largest absolute Gasteiger partial charge is 0.490 e. The second kappa shape index (κ2) is 9.93. The molecule has 0 radical (unpaired) electrons. The van der Waals surface area contributed by atoms with Gasteiger partial charge in [-0.25, -0.2) is 0 Å². The van der Waals surface area contributed by atoms with Gasteiger partial charge in [-0.1, -0.05) is 46.9 Å². The van der Waals surface area contributed by atoms with E-state index in [2.05, 4.69) is 11.9 Å². The SMILES string of the molecule is C=CCNCc1cc(OCC)c(OCc2c(Cl)cccc2Cl)cc1Cl. The third-order valence-electron chi connectivity index (χ3n) is 3.45. The summed E-state index contributed by atoms with van der Waals surface area (Å²) in [5.74, 6) is 1.18. The van der Waals surface area contributed by atoms with Crippen molar-refractivity contribution in [3.05, 3.63) is 69.2 Å². The summed E-state index contributed by atoms with van der Waals surface area (Å²) >= 11 is 18.7. The van der Waals surface area contributed by atoms with E-state index >= 15 is 0 Å². The van der Waals surface area contributed by atoms with Crippen molar-refractivity contribution in [3.8, 4) is 11.5 Å². The Bertz CT molecular complexity index is 715. The summed E-state index contributed by atoms with van der Waals surface area (Å²) in [5, 5.41) is 4.93. The van der Waals surface area contributed by atoms with Gasteiger partial charge < -0.3 is 14.8 Å². The van der Waals surface area contributed by atoms with Gasteiger partial charge in [-0.15, -0.1) is 6.58 Å². The lowest BCUT2D eigenvalue weighted by Gasteiger charge is -2.16. The fourth-order valence-electron chi connectivity index (χ4n) is 2.22. The zero-order valence-electron chi connectivity index (χ0n) is 14.0. The molecule has 25 heavy (non-hydrogen) atoms. The molecule has 6 heteroatoms. The Kier molecular flexibility index (Phi) is 7.91. The maximum Gasteiger partial charge on any atom is 0.163 e. The van der Waals surface area contributed by atoms with E-state index in [4.69, 9.17) is 44.3 Å². The van der Waals surface area contributed by atoms with Gasteiger partial charge in [-0.3, -0.25) is 0 Å². The molecule has 0 aliphatic heterocycles. The van der Waals surface area contributed by atoms with Gasteiger partial charge in [0, 0.05) is 39.8 Å². The molecule has 0 saturated carbocycles. The van der Waals surface area contributed by atoms with Crippen molar-refractivity contribution < 1.29 is 9.47 Å². The minimum Gasteiger partial charge on any atom is -0.490 e. The fraction of sp³-hybridized carbons (Fsp3) is 0.263. The molecule has 0 saturated heterocycles. The normalized spacial score (nSPS) is 10.6. The Morgan fingerprint density at radius 3 is 2.36 bits per heavy atom. The number of hydrogen-bond acceptors (Lipinski definition) is 3. The van der Waals surface area contributed by atoms with E-state index in [-0.39, 0.29) is 6.61 Å². The lowest BCUT2D eigenvalue weighted by Crippen LogP contribution is -2.13. The van der Waals surface area contributed by atoms with Gasteiger partial charge >= 0.3 is 0 Å². The zero-order chi connectivity index (χ0) is 18.2. The number of hydrogen-bond donors (Lipinski definition) is 1. The molecule has 0 aliphatic carbocycles. The van der Waals surface area contributed by atoms with Gasteiger partial charge in [0.25, 0.3) is 0 Å². The Balaban J connectivity index is 2.21. The van der Waals surface area contributed by atoms with Gasteiger partial charge in [0.2, 0.25) is 0 Å². The third kappa shape index (κ3) is 5.55. The quantitative estimate of drug-likeness (QED) is 0.420. The minimum absolute atomic E-state index is 0.225. The van der Waals surface area contributed by atoms with E-state index in [1.54, 1.807) is 30.3 Å². The maximum atomic E-state index is 6.37. The summed E-state index contributed by atoms with van der Waals surface area (Å²) in [6.45, 7) is 7.65. The van der Waals surface area contributed by atoms with E-state index in [1.165, 1.54) is 0 Å². The fourth-order valence-corrected chi connectivity index (χ4v) is 2.95. The first-order chi connectivity index (χ1) is 12.1. The highest BCUT2D eigenvalue weighted by Crippen LogP contribution is 2.35. The Morgan fingerprint density at radius 2 is 1.72 bits per heavy atom. The summed E-state index contributed by atoms with van der Waals surface area (Å²) in [4.78, 5) is 0. The van der Waals surface area contributed by atoms with Crippen LogP contribution in [-0.2, 0) is 13.2 Å². The van der Waals surface area contributed by atoms with Crippen LogP contribution in [0.2, 0.25) is 15.1 Å². The topological polar surface area (TPSA) is 30.5 Å². The van der Waals surface area contributed by atoms with Crippen molar-refractivity contribution in [3.63, 3.8) is 0 Å². The van der Waals surface area contributed by atoms with Crippen LogP contribution in [-0.4, -0.2) is 13.2 Å². The maximum absolute atomic E-state index is 6.37. The third-order valence-corrected chi connectivity index (χ3v) is 4.51. The van der Waals surface area contributed by atoms with Crippen molar-refractivity contribution in [1.82, 2.24) is 5.32 Å². The molecule has 0 heterocycles. The molecule has 2 rings (SSSR count). The first-order valence-corrected chi connectivity index (χ1v) is 9.02. The van der Waals surface area contributed by atoms with E-state index in [0.29, 0.717) is 46.3 Å². The summed E-state index contributed by atoms with van der Waals surface area (Å²) in [6, 6.07) is 8.98. The second-order valence-corrected chi connectivity index (χ2v) is 6.45. The van der Waals surface area contributed by atoms with Gasteiger partial charge in [0.05, 0.1) is 6.61 Å². The molecule has 0 bridgehead atoms. The van der Waals surface area contributed by atoms with E-state index in [9.17, 15) is 0 Å². The first-order valence-electron chi connectivity index (χ1n) is 7.89. The monoisotopic (exact) mass is 399 g/mol. The van der Waals surface area contributed by atoms with Crippen molar-refractivity contribution in [1.29, 1.82) is 0 Å². The minimum atomic E-state index is 0.225. The molecular formula is C19H20Cl3NO2. The molecule has 1 N–H and O–H groups in total. The molecule has 2 aromatic carbocycles. The molecule has 0 aromatic heterocycles. The Labute approximate surface area is 163 Å². The smallest absolute Gasteiger partial charge is 0.163 e. The summed E-state index contributed by atoms with van der Waals surface area (Å²) in [6.07, 6.45) is 1.79. The van der Waals surface area contributed by atoms with Crippen LogP contribution in [0.1, 0.15) is 18.1 Å². The first kappa shape index (κ1) is 19.9. The highest BCUT2D eigenvalue weighted by Gasteiger charge is 2.13. The van der Waals surface area contributed by atoms with Gasteiger partial charge in [0.1, 0.15) is 6.61 Å². The number of nitrogens with one attached hydrogen (secondary N) is 1. The van der Waals surface area contributed by atoms with Crippen molar-refractivity contribution in [2.75, 3.05) is 13.2 Å². The molecule has 0 aliphatic rings. The summed E-state index contributed by atoms with van der Waals surface area (Å²) in [5.41, 5.74) is 1.65. The molecule has 3 nitrogen and oxygen atoms in total. The van der Waals surface area contributed by atoms with Crippen LogP contribution in [0.5, 0.6) is 11.5 Å². The number of halogens is 3. The predicted octanol–water partition coefficient (Wildman–Crippen LogP) is 5.90. The highest BCUT2D eigenvalue weighted by atomic mass is 35.5. The van der Waals surface area contributed by atoms with Crippen LogP contribution in [0.3, 0.4) is 0 Å². The van der Waals surface area contributed by atoms with Crippen LogP contribution >= 0.6 is 34.8 Å². The van der Waals surface area contributed by atoms with Gasteiger partial charge in [0.15, 0.2) is 11.5 Å². The molecule has 0 unspecified atom stereocenters. The number of ether oxygens (including phenoxy) is 2. The van der Waals surface area contributed by atoms with E-state index in [1.807, 2.05) is 13.0 Å². The van der Waals surface area contributed by atoms with Crippen molar-refractivity contribution in [2.24, 2.45) is 0 Å². The lowest BCUT2D eigenvalue weighted by molar-refractivity contribution is 0.269. The summed E-state index contributed by atoms with van der Waals surface area (Å²) < 4.78 is 11.6.